The molecule has 0 heterocycles. The van der Waals surface area contributed by atoms with Gasteiger partial charge in [-0.2, -0.15) is 5.26 Å². The topological polar surface area (TPSA) is 40.9 Å². The van der Waals surface area contributed by atoms with E-state index in [-0.39, 0.29) is 5.78 Å². The molecule has 0 amide bonds. The van der Waals surface area contributed by atoms with E-state index < -0.39 is 5.92 Å². The number of rotatable bonds is 0. The first-order chi connectivity index (χ1) is 6.72. The number of hydrogen-bond acceptors (Lipinski definition) is 2. The van der Waals surface area contributed by atoms with E-state index >= 15 is 0 Å². The lowest BCUT2D eigenvalue weighted by Crippen LogP contribution is -2.21. The molecule has 1 aliphatic carbocycles. The minimum atomic E-state index is -0.441. The molecule has 1 atom stereocenters. The van der Waals surface area contributed by atoms with Gasteiger partial charge in [0.25, 0.3) is 0 Å². The first-order valence-corrected chi connectivity index (χ1v) is 5.24. The maximum atomic E-state index is 11.7. The highest BCUT2D eigenvalue weighted by Gasteiger charge is 2.26. The molecular weight excluding hydrogens is 242 g/mol. The Morgan fingerprint density at radius 2 is 2.29 bits per heavy atom. The second-order valence-corrected chi connectivity index (χ2v) is 4.30. The van der Waals surface area contributed by atoms with Crippen molar-refractivity contribution in [1.82, 2.24) is 0 Å². The summed E-state index contributed by atoms with van der Waals surface area (Å²) < 4.78 is 0.986. The molecule has 2 nitrogen and oxygen atoms in total. The van der Waals surface area contributed by atoms with Crippen LogP contribution in [0.2, 0.25) is 0 Å². The zero-order valence-electron chi connectivity index (χ0n) is 7.46. The molecule has 0 aromatic heterocycles. The predicted molar refractivity (Wildman–Crippen MR) is 55.9 cm³/mol. The van der Waals surface area contributed by atoms with Crippen LogP contribution in [-0.2, 0) is 6.42 Å². The van der Waals surface area contributed by atoms with Crippen molar-refractivity contribution in [2.75, 3.05) is 0 Å². The number of nitriles is 1. The molecule has 0 aliphatic heterocycles. The third-order valence-electron chi connectivity index (χ3n) is 2.51. The maximum Gasteiger partial charge on any atom is 0.180 e. The summed E-state index contributed by atoms with van der Waals surface area (Å²) in [5, 5.41) is 8.76. The van der Waals surface area contributed by atoms with Crippen molar-refractivity contribution in [2.45, 2.75) is 12.8 Å². The molecule has 0 radical (unpaired) electrons. The fourth-order valence-corrected chi connectivity index (χ4v) is 2.16. The summed E-state index contributed by atoms with van der Waals surface area (Å²) in [5.41, 5.74) is 1.77. The van der Waals surface area contributed by atoms with Crippen molar-refractivity contribution < 1.29 is 4.79 Å². The van der Waals surface area contributed by atoms with Crippen LogP contribution in [0.25, 0.3) is 0 Å². The van der Waals surface area contributed by atoms with Gasteiger partial charge in [0.05, 0.1) is 6.07 Å². The van der Waals surface area contributed by atoms with Gasteiger partial charge in [-0.15, -0.1) is 0 Å². The third-order valence-corrected chi connectivity index (χ3v) is 3.00. The predicted octanol–water partition coefficient (Wildman–Crippen LogP) is 2.72. The first-order valence-electron chi connectivity index (χ1n) is 4.44. The number of nitrogens with zero attached hydrogens (tertiary/aromatic N) is 1. The van der Waals surface area contributed by atoms with Crippen LogP contribution in [-0.4, -0.2) is 5.78 Å². The van der Waals surface area contributed by atoms with Gasteiger partial charge in [-0.3, -0.25) is 4.79 Å². The Hall–Kier alpha value is -1.14. The van der Waals surface area contributed by atoms with Gasteiger partial charge < -0.3 is 0 Å². The van der Waals surface area contributed by atoms with E-state index in [1.807, 2.05) is 18.2 Å². The third kappa shape index (κ3) is 1.46. The average molecular weight is 250 g/mol. The van der Waals surface area contributed by atoms with Crippen LogP contribution in [0.15, 0.2) is 22.7 Å². The summed E-state index contributed by atoms with van der Waals surface area (Å²) in [4.78, 5) is 11.7. The molecule has 1 aromatic rings. The summed E-state index contributed by atoms with van der Waals surface area (Å²) >= 11 is 3.37. The number of aryl methyl sites for hydroxylation is 1. The van der Waals surface area contributed by atoms with Gasteiger partial charge in [-0.05, 0) is 36.6 Å². The molecule has 0 saturated heterocycles. The maximum absolute atomic E-state index is 11.7. The largest absolute Gasteiger partial charge is 0.293 e. The Balaban J connectivity index is 2.47. The Morgan fingerprint density at radius 3 is 3.00 bits per heavy atom. The fourth-order valence-electron chi connectivity index (χ4n) is 1.75. The van der Waals surface area contributed by atoms with Gasteiger partial charge >= 0.3 is 0 Å². The van der Waals surface area contributed by atoms with Crippen LogP contribution < -0.4 is 0 Å². The normalized spacial score (nSPS) is 20.0. The number of fused-ring (bicyclic) bond motifs is 1. The van der Waals surface area contributed by atoms with Crippen molar-refractivity contribution >= 4 is 21.7 Å². The molecular formula is C11H8BrNO. The summed E-state index contributed by atoms with van der Waals surface area (Å²) in [6, 6.07) is 7.65. The van der Waals surface area contributed by atoms with Crippen LogP contribution in [0.5, 0.6) is 0 Å². The number of carbonyl (C=O) groups excluding carboxylic acids is 1. The average Bonchev–Trinajstić information content (AvgIpc) is 2.18. The fraction of sp³-hybridized carbons (Fsp3) is 0.273. The second-order valence-electron chi connectivity index (χ2n) is 3.39. The lowest BCUT2D eigenvalue weighted by Gasteiger charge is -2.18. The molecule has 0 N–H and O–H groups in total. The number of hydrogen-bond donors (Lipinski definition) is 0. The van der Waals surface area contributed by atoms with E-state index in [0.29, 0.717) is 12.0 Å². The van der Waals surface area contributed by atoms with Crippen LogP contribution in [0.1, 0.15) is 22.3 Å². The molecule has 1 aliphatic rings. The van der Waals surface area contributed by atoms with Gasteiger partial charge in [-0.25, -0.2) is 0 Å². The van der Waals surface area contributed by atoms with Gasteiger partial charge in [0.1, 0.15) is 5.92 Å². The summed E-state index contributed by atoms with van der Waals surface area (Å²) in [7, 11) is 0. The molecule has 1 aromatic carbocycles. The molecule has 2 rings (SSSR count). The van der Waals surface area contributed by atoms with E-state index in [4.69, 9.17) is 5.26 Å². The second kappa shape index (κ2) is 3.55. The Labute approximate surface area is 90.7 Å². The van der Waals surface area contributed by atoms with Crippen molar-refractivity contribution in [3.63, 3.8) is 0 Å². The Kier molecular flexibility index (Phi) is 2.39. The molecule has 0 fully saturated rings. The highest BCUT2D eigenvalue weighted by atomic mass is 79.9. The van der Waals surface area contributed by atoms with E-state index in [2.05, 4.69) is 15.9 Å². The van der Waals surface area contributed by atoms with Gasteiger partial charge in [-0.1, -0.05) is 15.9 Å². The standard InChI is InChI=1S/C11H8BrNO/c12-9-3-4-10-7(5-9)1-2-8(6-13)11(10)14/h3-5,8H,1-2H2. The molecule has 70 valence electrons. The van der Waals surface area contributed by atoms with Crippen LogP contribution in [0, 0.1) is 17.2 Å². The highest BCUT2D eigenvalue weighted by Crippen LogP contribution is 2.27. The number of benzene rings is 1. The Bertz CT molecular complexity index is 433. The zero-order valence-corrected chi connectivity index (χ0v) is 9.04. The van der Waals surface area contributed by atoms with E-state index in [9.17, 15) is 4.79 Å². The van der Waals surface area contributed by atoms with Crippen LogP contribution in [0.3, 0.4) is 0 Å². The zero-order chi connectivity index (χ0) is 10.1. The van der Waals surface area contributed by atoms with Gasteiger partial charge in [0.2, 0.25) is 0 Å². The molecule has 1 unspecified atom stereocenters. The van der Waals surface area contributed by atoms with Crippen molar-refractivity contribution in [1.29, 1.82) is 5.26 Å². The van der Waals surface area contributed by atoms with E-state index in [1.165, 1.54) is 0 Å². The number of ketones is 1. The van der Waals surface area contributed by atoms with Crippen LogP contribution in [0.4, 0.5) is 0 Å². The SMILES string of the molecule is N#CC1CCc2cc(Br)ccc2C1=O. The minimum Gasteiger partial charge on any atom is -0.293 e. The monoisotopic (exact) mass is 249 g/mol. The molecule has 0 bridgehead atoms. The highest BCUT2D eigenvalue weighted by molar-refractivity contribution is 9.10. The summed E-state index contributed by atoms with van der Waals surface area (Å²) in [6.07, 6.45) is 1.47. The number of Topliss-reactive ketones (excluding diaryl/α,β-unsaturated/α-hetero) is 1. The van der Waals surface area contributed by atoms with Crippen molar-refractivity contribution in [3.8, 4) is 6.07 Å². The Morgan fingerprint density at radius 1 is 1.50 bits per heavy atom. The lowest BCUT2D eigenvalue weighted by molar-refractivity contribution is 0.0934. The lowest BCUT2D eigenvalue weighted by atomic mass is 9.84. The van der Waals surface area contributed by atoms with E-state index in [0.717, 1.165) is 16.5 Å². The minimum absolute atomic E-state index is 0.0266. The van der Waals surface area contributed by atoms with Crippen molar-refractivity contribution in [2.24, 2.45) is 5.92 Å². The van der Waals surface area contributed by atoms with Crippen molar-refractivity contribution in [3.05, 3.63) is 33.8 Å². The summed E-state index contributed by atoms with van der Waals surface area (Å²) in [5.74, 6) is -0.468. The van der Waals surface area contributed by atoms with Crippen LogP contribution >= 0.6 is 15.9 Å². The molecule has 14 heavy (non-hydrogen) atoms. The molecule has 0 spiro atoms. The summed E-state index contributed by atoms with van der Waals surface area (Å²) in [6.45, 7) is 0. The van der Waals surface area contributed by atoms with Gasteiger partial charge in [0.15, 0.2) is 5.78 Å². The first kappa shape index (κ1) is 9.42. The molecule has 3 heteroatoms. The smallest absolute Gasteiger partial charge is 0.180 e. The van der Waals surface area contributed by atoms with Gasteiger partial charge in [0, 0.05) is 10.0 Å². The van der Waals surface area contributed by atoms with E-state index in [1.54, 1.807) is 6.07 Å². The quantitative estimate of drug-likeness (QED) is 0.710. The number of halogens is 1. The number of carbonyl (C=O) groups is 1. The molecule has 0 saturated carbocycles.